The van der Waals surface area contributed by atoms with Crippen LogP contribution in [0.1, 0.15) is 16.1 Å². The van der Waals surface area contributed by atoms with Crippen molar-refractivity contribution in [1.29, 1.82) is 5.26 Å². The van der Waals surface area contributed by atoms with Crippen LogP contribution in [-0.2, 0) is 9.53 Å². The minimum atomic E-state index is -0.607. The van der Waals surface area contributed by atoms with Gasteiger partial charge in [-0.25, -0.2) is 4.98 Å². The molecule has 0 aliphatic rings. The Balaban J connectivity index is 2.55. The van der Waals surface area contributed by atoms with E-state index >= 15 is 0 Å². The molecule has 1 rings (SSSR count). The number of halogens is 1. The maximum atomic E-state index is 11.6. The van der Waals surface area contributed by atoms with Crippen LogP contribution >= 0.6 is 15.9 Å². The molecule has 94 valence electrons. The highest BCUT2D eigenvalue weighted by molar-refractivity contribution is 9.10. The van der Waals surface area contributed by atoms with Crippen molar-refractivity contribution >= 4 is 27.8 Å². The Labute approximate surface area is 112 Å². The Kier molecular flexibility index (Phi) is 5.27. The largest absolute Gasteiger partial charge is 0.468 e. The normalized spacial score (nSPS) is 11.2. The molecule has 1 N–H and O–H groups in total. The quantitative estimate of drug-likeness (QED) is 0.650. The fourth-order valence-electron chi connectivity index (χ4n) is 1.08. The number of alkyl halides is 1. The van der Waals surface area contributed by atoms with Gasteiger partial charge in [0, 0.05) is 12.7 Å². The molecule has 1 amide bonds. The minimum Gasteiger partial charge on any atom is -0.468 e. The van der Waals surface area contributed by atoms with Crippen molar-refractivity contribution in [3.8, 4) is 6.07 Å². The third kappa shape index (κ3) is 3.82. The Hall–Kier alpha value is -1.94. The molecule has 0 aromatic carbocycles. The van der Waals surface area contributed by atoms with E-state index in [9.17, 15) is 9.59 Å². The lowest BCUT2D eigenvalue weighted by atomic mass is 10.2. The molecule has 0 fully saturated rings. The third-order valence-electron chi connectivity index (χ3n) is 2.02. The number of rotatable bonds is 4. The minimum absolute atomic E-state index is 0.0905. The molecule has 1 atom stereocenters. The summed E-state index contributed by atoms with van der Waals surface area (Å²) in [4.78, 5) is 25.9. The van der Waals surface area contributed by atoms with Crippen LogP contribution in [0, 0.1) is 11.3 Å². The smallest absolute Gasteiger partial charge is 0.321 e. The van der Waals surface area contributed by atoms with Crippen molar-refractivity contribution in [2.24, 2.45) is 0 Å². The number of aromatic nitrogens is 1. The van der Waals surface area contributed by atoms with E-state index in [0.29, 0.717) is 5.56 Å². The van der Waals surface area contributed by atoms with Gasteiger partial charge in [0.05, 0.1) is 12.7 Å². The van der Waals surface area contributed by atoms with Crippen LogP contribution in [-0.4, -0.2) is 35.3 Å². The predicted molar refractivity (Wildman–Crippen MR) is 66.0 cm³/mol. The summed E-state index contributed by atoms with van der Waals surface area (Å²) >= 11 is 3.07. The van der Waals surface area contributed by atoms with Crippen molar-refractivity contribution < 1.29 is 14.3 Å². The number of hydrogen-bond donors (Lipinski definition) is 1. The van der Waals surface area contributed by atoms with E-state index in [-0.39, 0.29) is 12.2 Å². The number of nitriles is 1. The van der Waals surface area contributed by atoms with Crippen molar-refractivity contribution in [3.05, 3.63) is 29.6 Å². The molecule has 0 radical (unpaired) electrons. The van der Waals surface area contributed by atoms with Gasteiger partial charge in [-0.3, -0.25) is 9.59 Å². The Bertz CT molecular complexity index is 481. The van der Waals surface area contributed by atoms with Crippen LogP contribution in [0.15, 0.2) is 18.3 Å². The first kappa shape index (κ1) is 14.1. The molecule has 1 aromatic rings. The summed E-state index contributed by atoms with van der Waals surface area (Å²) in [5.41, 5.74) is 0.554. The fourth-order valence-corrected chi connectivity index (χ4v) is 1.43. The second-order valence-electron chi connectivity index (χ2n) is 3.24. The zero-order valence-electron chi connectivity index (χ0n) is 9.51. The monoisotopic (exact) mass is 311 g/mol. The van der Waals surface area contributed by atoms with E-state index in [1.54, 1.807) is 0 Å². The SMILES string of the molecule is COC(=O)C(Br)CNC(=O)c1ccc(C#N)cn1. The van der Waals surface area contributed by atoms with Crippen LogP contribution in [0.4, 0.5) is 0 Å². The van der Waals surface area contributed by atoms with Crippen LogP contribution in [0.3, 0.4) is 0 Å². The lowest BCUT2D eigenvalue weighted by molar-refractivity contribution is -0.139. The van der Waals surface area contributed by atoms with Gasteiger partial charge < -0.3 is 10.1 Å². The number of carbonyl (C=O) groups excluding carboxylic acids is 2. The summed E-state index contributed by atoms with van der Waals surface area (Å²) < 4.78 is 4.49. The van der Waals surface area contributed by atoms with Crippen LogP contribution in [0.2, 0.25) is 0 Å². The average molecular weight is 312 g/mol. The van der Waals surface area contributed by atoms with Gasteiger partial charge in [-0.1, -0.05) is 15.9 Å². The van der Waals surface area contributed by atoms with Crippen molar-refractivity contribution in [3.63, 3.8) is 0 Å². The fraction of sp³-hybridized carbons (Fsp3) is 0.273. The first-order chi connectivity index (χ1) is 8.58. The number of pyridine rings is 1. The summed E-state index contributed by atoms with van der Waals surface area (Å²) in [5.74, 6) is -0.893. The Morgan fingerprint density at radius 2 is 2.33 bits per heavy atom. The lowest BCUT2D eigenvalue weighted by Gasteiger charge is -2.08. The highest BCUT2D eigenvalue weighted by Gasteiger charge is 2.16. The standard InChI is InChI=1S/C11H10BrN3O3/c1-18-11(17)8(12)6-15-10(16)9-3-2-7(4-13)5-14-9/h2-3,5,8H,6H2,1H3,(H,15,16). The van der Waals surface area contributed by atoms with Crippen molar-refractivity contribution in [1.82, 2.24) is 10.3 Å². The molecule has 0 aliphatic carbocycles. The van der Waals surface area contributed by atoms with Gasteiger partial charge in [-0.15, -0.1) is 0 Å². The lowest BCUT2D eigenvalue weighted by Crippen LogP contribution is -2.34. The van der Waals surface area contributed by atoms with E-state index in [1.807, 2.05) is 6.07 Å². The Morgan fingerprint density at radius 1 is 1.61 bits per heavy atom. The summed E-state index contributed by atoms with van der Waals surface area (Å²) in [6, 6.07) is 4.84. The second-order valence-corrected chi connectivity index (χ2v) is 4.35. The molecular weight excluding hydrogens is 302 g/mol. The average Bonchev–Trinajstić information content (AvgIpc) is 2.43. The van der Waals surface area contributed by atoms with Gasteiger partial charge in [-0.05, 0) is 12.1 Å². The number of hydrogen-bond acceptors (Lipinski definition) is 5. The van der Waals surface area contributed by atoms with Gasteiger partial charge in [0.1, 0.15) is 16.6 Å². The summed E-state index contributed by atoms with van der Waals surface area (Å²) in [5, 5.41) is 11.1. The van der Waals surface area contributed by atoms with E-state index in [4.69, 9.17) is 5.26 Å². The molecule has 0 spiro atoms. The highest BCUT2D eigenvalue weighted by Crippen LogP contribution is 2.02. The summed E-state index contributed by atoms with van der Waals surface area (Å²) in [7, 11) is 1.26. The molecule has 1 unspecified atom stereocenters. The zero-order chi connectivity index (χ0) is 13.5. The molecule has 0 bridgehead atoms. The van der Waals surface area contributed by atoms with Crippen molar-refractivity contribution in [2.75, 3.05) is 13.7 Å². The van der Waals surface area contributed by atoms with Crippen LogP contribution in [0.25, 0.3) is 0 Å². The number of carbonyl (C=O) groups is 2. The maximum absolute atomic E-state index is 11.6. The molecule has 18 heavy (non-hydrogen) atoms. The van der Waals surface area contributed by atoms with Crippen LogP contribution in [0.5, 0.6) is 0 Å². The first-order valence-corrected chi connectivity index (χ1v) is 5.86. The summed E-state index contributed by atoms with van der Waals surface area (Å²) in [6.45, 7) is 0.0905. The molecule has 1 aromatic heterocycles. The topological polar surface area (TPSA) is 92.1 Å². The predicted octanol–water partition coefficient (Wildman–Crippen LogP) is 0.620. The number of amides is 1. The highest BCUT2D eigenvalue weighted by atomic mass is 79.9. The second kappa shape index (κ2) is 6.71. The molecular formula is C11H10BrN3O3. The van der Waals surface area contributed by atoms with E-state index in [0.717, 1.165) is 0 Å². The van der Waals surface area contributed by atoms with E-state index in [1.165, 1.54) is 25.4 Å². The van der Waals surface area contributed by atoms with Gasteiger partial charge in [-0.2, -0.15) is 5.26 Å². The van der Waals surface area contributed by atoms with Crippen LogP contribution < -0.4 is 5.32 Å². The van der Waals surface area contributed by atoms with Gasteiger partial charge in [0.2, 0.25) is 0 Å². The first-order valence-electron chi connectivity index (χ1n) is 4.94. The number of nitrogens with zero attached hydrogens (tertiary/aromatic N) is 2. The number of methoxy groups -OCH3 is 1. The number of nitrogens with one attached hydrogen (secondary N) is 1. The number of esters is 1. The summed E-state index contributed by atoms with van der Waals surface area (Å²) in [6.07, 6.45) is 1.31. The van der Waals surface area contributed by atoms with E-state index in [2.05, 4.69) is 31.0 Å². The third-order valence-corrected chi connectivity index (χ3v) is 2.72. The van der Waals surface area contributed by atoms with Crippen molar-refractivity contribution in [2.45, 2.75) is 4.83 Å². The number of ether oxygens (including phenoxy) is 1. The van der Waals surface area contributed by atoms with Gasteiger partial charge >= 0.3 is 5.97 Å². The molecule has 6 nitrogen and oxygen atoms in total. The molecule has 7 heteroatoms. The van der Waals surface area contributed by atoms with E-state index < -0.39 is 16.7 Å². The molecule has 0 saturated carbocycles. The molecule has 1 heterocycles. The molecule has 0 saturated heterocycles. The maximum Gasteiger partial charge on any atom is 0.321 e. The van der Waals surface area contributed by atoms with Gasteiger partial charge in [0.15, 0.2) is 0 Å². The molecule has 0 aliphatic heterocycles. The zero-order valence-corrected chi connectivity index (χ0v) is 11.1. The van der Waals surface area contributed by atoms with Gasteiger partial charge in [0.25, 0.3) is 5.91 Å². The Morgan fingerprint density at radius 3 is 2.83 bits per heavy atom.